The number of aromatic nitrogens is 2. The maximum atomic E-state index is 11.8. The Balaban J connectivity index is 1.47. The zero-order chi connectivity index (χ0) is 22.8. The number of piperidine rings is 1. The van der Waals surface area contributed by atoms with Gasteiger partial charge in [0, 0.05) is 23.0 Å². The molecule has 1 atom stereocenters. The highest BCUT2D eigenvalue weighted by molar-refractivity contribution is 5.80. The van der Waals surface area contributed by atoms with Crippen LogP contribution in [0.25, 0.3) is 17.3 Å². The van der Waals surface area contributed by atoms with Gasteiger partial charge in [-0.3, -0.25) is 0 Å². The highest BCUT2D eigenvalue weighted by Gasteiger charge is 2.23. The highest BCUT2D eigenvalue weighted by atomic mass is 16.1. The lowest BCUT2D eigenvalue weighted by molar-refractivity contribution is -0.109. The van der Waals surface area contributed by atoms with E-state index in [1.165, 1.54) is 18.4 Å². The number of nitrogens with zero attached hydrogens (tertiary/aromatic N) is 3. The van der Waals surface area contributed by atoms with Crippen molar-refractivity contribution < 1.29 is 4.79 Å². The molecular formula is C26H28N6O. The molecule has 2 aliphatic heterocycles. The molecule has 1 saturated heterocycles. The smallest absolute Gasteiger partial charge is 0.146 e. The Hall–Kier alpha value is -3.71. The van der Waals surface area contributed by atoms with E-state index in [4.69, 9.17) is 10.7 Å². The Labute approximate surface area is 193 Å². The van der Waals surface area contributed by atoms with Gasteiger partial charge >= 0.3 is 0 Å². The Bertz CT molecular complexity index is 1160. The van der Waals surface area contributed by atoms with Gasteiger partial charge in [-0.2, -0.15) is 0 Å². The summed E-state index contributed by atoms with van der Waals surface area (Å²) in [6.45, 7) is 2.28. The number of hydrogen-bond donors (Lipinski definition) is 3. The monoisotopic (exact) mass is 440 g/mol. The number of rotatable bonds is 5. The van der Waals surface area contributed by atoms with Gasteiger partial charge in [-0.15, -0.1) is 0 Å². The average Bonchev–Trinajstić information content (AvgIpc) is 2.85. The summed E-state index contributed by atoms with van der Waals surface area (Å²) in [6, 6.07) is 13.8. The molecule has 0 radical (unpaired) electrons. The van der Waals surface area contributed by atoms with Crippen molar-refractivity contribution in [3.63, 3.8) is 0 Å². The molecular weight excluding hydrogens is 412 g/mol. The first kappa shape index (κ1) is 21.2. The topological polar surface area (TPSA) is 96.2 Å². The van der Waals surface area contributed by atoms with Gasteiger partial charge in [0.25, 0.3) is 0 Å². The van der Waals surface area contributed by atoms with Crippen molar-refractivity contribution in [3.8, 4) is 11.3 Å². The van der Waals surface area contributed by atoms with E-state index in [2.05, 4.69) is 51.8 Å². The van der Waals surface area contributed by atoms with Gasteiger partial charge in [-0.1, -0.05) is 12.1 Å². The lowest BCUT2D eigenvalue weighted by Crippen LogP contribution is -2.29. The predicted molar refractivity (Wildman–Crippen MR) is 132 cm³/mol. The zero-order valence-corrected chi connectivity index (χ0v) is 18.7. The molecule has 1 fully saturated rings. The maximum Gasteiger partial charge on any atom is 0.146 e. The van der Waals surface area contributed by atoms with Gasteiger partial charge < -0.3 is 26.1 Å². The van der Waals surface area contributed by atoms with Gasteiger partial charge in [0.05, 0.1) is 5.69 Å². The summed E-state index contributed by atoms with van der Waals surface area (Å²) in [6.07, 6.45) is 8.76. The van der Waals surface area contributed by atoms with Gasteiger partial charge in [0.1, 0.15) is 24.0 Å². The second-order valence-electron chi connectivity index (χ2n) is 8.77. The molecule has 7 heteroatoms. The van der Waals surface area contributed by atoms with Crippen LogP contribution in [-0.2, 0) is 4.79 Å². The summed E-state index contributed by atoms with van der Waals surface area (Å²) in [5, 5.41) is 6.57. The van der Waals surface area contributed by atoms with E-state index in [-0.39, 0.29) is 0 Å². The zero-order valence-electron chi connectivity index (χ0n) is 18.7. The average molecular weight is 441 g/mol. The quantitative estimate of drug-likeness (QED) is 0.514. The molecule has 33 heavy (non-hydrogen) atoms. The van der Waals surface area contributed by atoms with Gasteiger partial charge in [0.2, 0.25) is 0 Å². The largest absolute Gasteiger partial charge is 0.384 e. The van der Waals surface area contributed by atoms with Gasteiger partial charge in [-0.25, -0.2) is 9.97 Å². The van der Waals surface area contributed by atoms with Crippen LogP contribution in [0.5, 0.6) is 0 Å². The summed E-state index contributed by atoms with van der Waals surface area (Å²) in [5.41, 5.74) is 11.5. The number of benzene rings is 1. The number of hydrogen-bond acceptors (Lipinski definition) is 7. The van der Waals surface area contributed by atoms with E-state index >= 15 is 0 Å². The van der Waals surface area contributed by atoms with Crippen LogP contribution in [0.3, 0.4) is 0 Å². The van der Waals surface area contributed by atoms with Crippen LogP contribution in [0.4, 0.5) is 17.3 Å². The fraction of sp³-hybridized carbons (Fsp3) is 0.269. The summed E-state index contributed by atoms with van der Waals surface area (Å²) >= 11 is 0. The van der Waals surface area contributed by atoms with Crippen LogP contribution >= 0.6 is 0 Å². The predicted octanol–water partition coefficient (Wildman–Crippen LogP) is 4.09. The van der Waals surface area contributed by atoms with Crippen molar-refractivity contribution in [2.75, 3.05) is 31.2 Å². The number of pyridine rings is 2. The summed E-state index contributed by atoms with van der Waals surface area (Å²) in [4.78, 5) is 23.2. The van der Waals surface area contributed by atoms with E-state index in [0.717, 1.165) is 47.4 Å². The van der Waals surface area contributed by atoms with Crippen molar-refractivity contribution in [3.05, 3.63) is 71.6 Å². The first-order valence-electron chi connectivity index (χ1n) is 11.3. The molecule has 2 aliphatic rings. The normalized spacial score (nSPS) is 18.4. The molecule has 7 nitrogen and oxygen atoms in total. The Morgan fingerprint density at radius 2 is 1.94 bits per heavy atom. The second kappa shape index (κ2) is 9.03. The second-order valence-corrected chi connectivity index (χ2v) is 8.77. The Morgan fingerprint density at radius 1 is 1.15 bits per heavy atom. The minimum atomic E-state index is -0.461. The first-order valence-corrected chi connectivity index (χ1v) is 11.3. The van der Waals surface area contributed by atoms with E-state index in [0.29, 0.717) is 17.6 Å². The van der Waals surface area contributed by atoms with Gasteiger partial charge in [-0.05, 0) is 92.6 Å². The summed E-state index contributed by atoms with van der Waals surface area (Å²) in [7, 11) is 2.18. The van der Waals surface area contributed by atoms with Crippen LogP contribution in [-0.4, -0.2) is 41.3 Å². The summed E-state index contributed by atoms with van der Waals surface area (Å²) < 4.78 is 0. The molecule has 168 valence electrons. The third-order valence-corrected chi connectivity index (χ3v) is 6.52. The van der Waals surface area contributed by atoms with Crippen LogP contribution in [0, 0.1) is 0 Å². The third kappa shape index (κ3) is 4.45. The minimum Gasteiger partial charge on any atom is -0.384 e. The number of carbonyl (C=O) groups is 1. The number of nitrogen functional groups attached to an aromatic ring is 1. The molecule has 1 unspecified atom stereocenters. The Morgan fingerprint density at radius 3 is 2.64 bits per heavy atom. The van der Waals surface area contributed by atoms with Crippen molar-refractivity contribution >= 4 is 29.7 Å². The number of aldehydes is 1. The van der Waals surface area contributed by atoms with Crippen LogP contribution < -0.4 is 16.4 Å². The third-order valence-electron chi connectivity index (χ3n) is 6.52. The molecule has 0 bridgehead atoms. The number of fused-ring (bicyclic) bond motifs is 1. The fourth-order valence-electron chi connectivity index (χ4n) is 4.59. The number of anilines is 3. The lowest BCUT2D eigenvalue weighted by atomic mass is 9.89. The van der Waals surface area contributed by atoms with Crippen molar-refractivity contribution in [1.29, 1.82) is 0 Å². The fourth-order valence-corrected chi connectivity index (χ4v) is 4.59. The maximum absolute atomic E-state index is 11.8. The molecule has 5 rings (SSSR count). The Kier molecular flexibility index (Phi) is 5.79. The molecule has 4 N–H and O–H groups in total. The molecule has 1 aromatic carbocycles. The molecule has 4 heterocycles. The molecule has 0 amide bonds. The number of nitrogens with two attached hydrogens (primary N) is 1. The molecule has 0 saturated carbocycles. The SMILES string of the molecule is CN1CCC(c2ccc(Nc3nc(-c4ccc(N)nc4)cc4c3C(C=O)NC=C4)cc2)CC1. The van der Waals surface area contributed by atoms with Crippen LogP contribution in [0.1, 0.15) is 41.5 Å². The van der Waals surface area contributed by atoms with Gasteiger partial charge in [0.15, 0.2) is 0 Å². The van der Waals surface area contributed by atoms with E-state index in [9.17, 15) is 4.79 Å². The molecule has 0 aliphatic carbocycles. The molecule has 3 aromatic rings. The number of likely N-dealkylation sites (tertiary alicyclic amines) is 1. The van der Waals surface area contributed by atoms with E-state index in [1.807, 2.05) is 18.2 Å². The van der Waals surface area contributed by atoms with Crippen LogP contribution in [0.15, 0.2) is 54.9 Å². The van der Waals surface area contributed by atoms with E-state index < -0.39 is 6.04 Å². The minimum absolute atomic E-state index is 0.461. The summed E-state index contributed by atoms with van der Waals surface area (Å²) in [5.74, 6) is 1.72. The molecule has 0 spiro atoms. The first-order chi connectivity index (χ1) is 16.1. The standard InChI is InChI=1S/C26H28N6O/c1-32-12-9-18(10-13-32)17-2-5-21(6-3-17)30-26-25-19(8-11-28-23(25)16-33)14-22(31-26)20-4-7-24(27)29-15-20/h2-8,11,14-16,18,23,28H,9-10,12-13H2,1H3,(H2,27,29)(H,30,31). The van der Waals surface area contributed by atoms with Crippen molar-refractivity contribution in [2.45, 2.75) is 24.8 Å². The number of nitrogens with one attached hydrogen (secondary N) is 2. The lowest BCUT2D eigenvalue weighted by Gasteiger charge is -2.29. The number of carbonyl (C=O) groups excluding carboxylic acids is 1. The van der Waals surface area contributed by atoms with E-state index in [1.54, 1.807) is 18.5 Å². The molecule has 2 aromatic heterocycles. The van der Waals surface area contributed by atoms with Crippen molar-refractivity contribution in [2.24, 2.45) is 0 Å². The van der Waals surface area contributed by atoms with Crippen molar-refractivity contribution in [1.82, 2.24) is 20.2 Å². The van der Waals surface area contributed by atoms with Crippen LogP contribution in [0.2, 0.25) is 0 Å². The highest BCUT2D eigenvalue weighted by Crippen LogP contribution is 2.35.